The van der Waals surface area contributed by atoms with Gasteiger partial charge in [0.1, 0.15) is 5.78 Å². The van der Waals surface area contributed by atoms with Crippen LogP contribution in [-0.2, 0) is 19.1 Å². The minimum absolute atomic E-state index is 0.116. The van der Waals surface area contributed by atoms with Crippen molar-refractivity contribution >= 4 is 29.3 Å². The van der Waals surface area contributed by atoms with Crippen LogP contribution in [0.3, 0.4) is 0 Å². The van der Waals surface area contributed by atoms with Crippen LogP contribution in [0.2, 0.25) is 0 Å². The summed E-state index contributed by atoms with van der Waals surface area (Å²) >= 11 is 5.80. The highest BCUT2D eigenvalue weighted by molar-refractivity contribution is 6.34. The fourth-order valence-corrected chi connectivity index (χ4v) is 2.95. The summed E-state index contributed by atoms with van der Waals surface area (Å²) in [5, 5.41) is 0.382. The summed E-state index contributed by atoms with van der Waals surface area (Å²) < 4.78 is 4.48. The van der Waals surface area contributed by atoms with Gasteiger partial charge in [0.15, 0.2) is 0 Å². The summed E-state index contributed by atoms with van der Waals surface area (Å²) in [5.74, 6) is -3.72. The van der Waals surface area contributed by atoms with Gasteiger partial charge in [0.05, 0.1) is 23.7 Å². The van der Waals surface area contributed by atoms with Crippen molar-refractivity contribution in [3.05, 3.63) is 11.1 Å². The number of hydrogen-bond acceptors (Lipinski definition) is 4. The fourth-order valence-electron chi connectivity index (χ4n) is 2.57. The van der Waals surface area contributed by atoms with Gasteiger partial charge in [0, 0.05) is 5.03 Å². The Balaban J connectivity index is 2.14. The van der Waals surface area contributed by atoms with Crippen LogP contribution in [-0.4, -0.2) is 17.7 Å². The molecule has 3 aliphatic rings. The van der Waals surface area contributed by atoms with Crippen molar-refractivity contribution in [2.45, 2.75) is 0 Å². The van der Waals surface area contributed by atoms with E-state index in [1.54, 1.807) is 6.08 Å². The van der Waals surface area contributed by atoms with Gasteiger partial charge in [-0.15, -0.1) is 0 Å². The normalized spacial score (nSPS) is 44.1. The van der Waals surface area contributed by atoms with E-state index in [1.165, 1.54) is 0 Å². The van der Waals surface area contributed by atoms with E-state index < -0.39 is 35.6 Å². The van der Waals surface area contributed by atoms with Gasteiger partial charge in [-0.25, -0.2) is 0 Å². The Kier molecular flexibility index (Phi) is 1.32. The summed E-state index contributed by atoms with van der Waals surface area (Å²) in [6.45, 7) is 0. The zero-order chi connectivity index (χ0) is 10.0. The van der Waals surface area contributed by atoms with Crippen molar-refractivity contribution < 1.29 is 19.1 Å². The molecule has 1 saturated carbocycles. The monoisotopic (exact) mass is 212 g/mol. The Morgan fingerprint density at radius 2 is 1.79 bits per heavy atom. The Bertz CT molecular complexity index is 411. The Hall–Kier alpha value is -1.16. The van der Waals surface area contributed by atoms with Gasteiger partial charge in [-0.3, -0.25) is 14.4 Å². The van der Waals surface area contributed by atoms with Gasteiger partial charge in [-0.05, 0) is 0 Å². The van der Waals surface area contributed by atoms with Crippen LogP contribution in [0.5, 0.6) is 0 Å². The standard InChI is InChI=1S/C9H5ClO4/c10-3-1-2-4-6(5(3)7(2)11)9(13)14-8(4)12/h1-2,4-6H. The van der Waals surface area contributed by atoms with Crippen LogP contribution < -0.4 is 0 Å². The van der Waals surface area contributed by atoms with Crippen molar-refractivity contribution in [3.63, 3.8) is 0 Å². The smallest absolute Gasteiger partial charge is 0.318 e. The molecule has 14 heavy (non-hydrogen) atoms. The lowest BCUT2D eigenvalue weighted by Gasteiger charge is -2.13. The van der Waals surface area contributed by atoms with Crippen LogP contribution in [0.25, 0.3) is 0 Å². The molecule has 0 amide bonds. The highest BCUT2D eigenvalue weighted by atomic mass is 35.5. The summed E-state index contributed by atoms with van der Waals surface area (Å²) in [7, 11) is 0. The molecule has 0 aromatic heterocycles. The van der Waals surface area contributed by atoms with E-state index in [2.05, 4.69) is 4.74 Å². The van der Waals surface area contributed by atoms with Crippen LogP contribution in [0.15, 0.2) is 11.1 Å². The zero-order valence-electron chi connectivity index (χ0n) is 6.90. The van der Waals surface area contributed by atoms with E-state index in [9.17, 15) is 14.4 Å². The number of carbonyl (C=O) groups is 3. The second kappa shape index (κ2) is 2.25. The second-order valence-electron chi connectivity index (χ2n) is 3.75. The van der Waals surface area contributed by atoms with Crippen LogP contribution in [0, 0.1) is 23.7 Å². The Labute approximate surface area is 83.9 Å². The molecule has 2 fully saturated rings. The number of rotatable bonds is 0. The van der Waals surface area contributed by atoms with Gasteiger partial charge >= 0.3 is 11.9 Å². The van der Waals surface area contributed by atoms with Gasteiger partial charge in [0.25, 0.3) is 0 Å². The zero-order valence-corrected chi connectivity index (χ0v) is 7.65. The third-order valence-electron chi connectivity index (χ3n) is 3.15. The molecule has 4 nitrogen and oxygen atoms in total. The molecule has 2 bridgehead atoms. The molecule has 0 spiro atoms. The number of hydrogen-bond donors (Lipinski definition) is 0. The average Bonchev–Trinajstić information content (AvgIpc) is 2.64. The molecule has 5 heteroatoms. The Morgan fingerprint density at radius 1 is 1.14 bits per heavy atom. The molecule has 1 heterocycles. The lowest BCUT2D eigenvalue weighted by atomic mass is 9.85. The third kappa shape index (κ3) is 0.696. The van der Waals surface area contributed by atoms with Crippen LogP contribution >= 0.6 is 11.6 Å². The molecule has 0 N–H and O–H groups in total. The largest absolute Gasteiger partial charge is 0.393 e. The molecule has 4 atom stereocenters. The molecule has 4 unspecified atom stereocenters. The molecular formula is C9H5ClO4. The van der Waals surface area contributed by atoms with Crippen molar-refractivity contribution in [1.82, 2.24) is 0 Å². The number of carbonyl (C=O) groups excluding carboxylic acids is 3. The number of esters is 2. The molecule has 2 aliphatic carbocycles. The van der Waals surface area contributed by atoms with Gasteiger partial charge < -0.3 is 4.74 Å². The van der Waals surface area contributed by atoms with Gasteiger partial charge in [-0.1, -0.05) is 17.7 Å². The first-order chi connectivity index (χ1) is 6.61. The van der Waals surface area contributed by atoms with E-state index in [4.69, 9.17) is 11.6 Å². The number of Topliss-reactive ketones (excluding diaryl/α,β-unsaturated/α-hetero) is 1. The second-order valence-corrected chi connectivity index (χ2v) is 4.19. The summed E-state index contributed by atoms with van der Waals surface area (Å²) in [5.41, 5.74) is 0. The lowest BCUT2D eigenvalue weighted by molar-refractivity contribution is -0.155. The van der Waals surface area contributed by atoms with Crippen LogP contribution in [0.1, 0.15) is 0 Å². The van der Waals surface area contributed by atoms with E-state index in [0.29, 0.717) is 5.03 Å². The predicted molar refractivity (Wildman–Crippen MR) is 44.0 cm³/mol. The number of halogens is 1. The fraction of sp³-hybridized carbons (Fsp3) is 0.444. The molecule has 1 aliphatic heterocycles. The quantitative estimate of drug-likeness (QED) is 0.427. The minimum atomic E-state index is -0.655. The first-order valence-corrected chi connectivity index (χ1v) is 4.65. The maximum absolute atomic E-state index is 11.6. The number of fused-ring (bicyclic) bond motifs is 5. The number of allylic oxidation sites excluding steroid dienone is 2. The summed E-state index contributed by atoms with van der Waals surface area (Å²) in [6.07, 6.45) is 1.57. The maximum atomic E-state index is 11.6. The van der Waals surface area contributed by atoms with Crippen molar-refractivity contribution in [1.29, 1.82) is 0 Å². The predicted octanol–water partition coefficient (Wildman–Crippen LogP) is 0.254. The van der Waals surface area contributed by atoms with Gasteiger partial charge in [-0.2, -0.15) is 0 Å². The molecule has 0 aromatic carbocycles. The molecule has 72 valence electrons. The molecular weight excluding hydrogens is 208 g/mol. The van der Waals surface area contributed by atoms with E-state index in [-0.39, 0.29) is 5.78 Å². The van der Waals surface area contributed by atoms with Crippen molar-refractivity contribution in [2.75, 3.05) is 0 Å². The highest BCUT2D eigenvalue weighted by Gasteiger charge is 2.64. The van der Waals surface area contributed by atoms with E-state index >= 15 is 0 Å². The van der Waals surface area contributed by atoms with Crippen molar-refractivity contribution in [3.8, 4) is 0 Å². The molecule has 3 rings (SSSR count). The van der Waals surface area contributed by atoms with E-state index in [0.717, 1.165) is 0 Å². The average molecular weight is 213 g/mol. The first-order valence-electron chi connectivity index (χ1n) is 4.27. The Morgan fingerprint density at radius 3 is 2.50 bits per heavy atom. The maximum Gasteiger partial charge on any atom is 0.318 e. The number of ketones is 1. The number of cyclic esters (lactones) is 2. The lowest BCUT2D eigenvalue weighted by Crippen LogP contribution is -2.23. The molecule has 0 radical (unpaired) electrons. The molecule has 1 saturated heterocycles. The SMILES string of the molecule is O=C1C2C=C(Cl)C1C1C(=O)OC(=O)C21. The summed E-state index contributed by atoms with van der Waals surface area (Å²) in [6, 6.07) is 0. The highest BCUT2D eigenvalue weighted by Crippen LogP contribution is 2.53. The van der Waals surface area contributed by atoms with Gasteiger partial charge in [0.2, 0.25) is 0 Å². The summed E-state index contributed by atoms with van der Waals surface area (Å²) in [4.78, 5) is 34.1. The van der Waals surface area contributed by atoms with E-state index in [1.807, 2.05) is 0 Å². The number of ether oxygens (including phenoxy) is 1. The topological polar surface area (TPSA) is 60.4 Å². The minimum Gasteiger partial charge on any atom is -0.393 e. The molecule has 0 aromatic rings. The first kappa shape index (κ1) is 8.17. The van der Waals surface area contributed by atoms with Crippen LogP contribution in [0.4, 0.5) is 0 Å². The third-order valence-corrected chi connectivity index (χ3v) is 3.51. The van der Waals surface area contributed by atoms with Crippen molar-refractivity contribution in [2.24, 2.45) is 23.7 Å².